The average molecular weight is 422 g/mol. The molecule has 2 aromatic heterocycles. The minimum Gasteiger partial charge on any atom is -0.548 e. The molecule has 0 amide bonds. The lowest BCUT2D eigenvalue weighted by Gasteiger charge is -2.26. The topological polar surface area (TPSA) is 116 Å². The van der Waals surface area contributed by atoms with Gasteiger partial charge in [0.1, 0.15) is 11.3 Å². The van der Waals surface area contributed by atoms with Crippen molar-refractivity contribution in [3.05, 3.63) is 41.1 Å². The molecule has 3 aromatic rings. The van der Waals surface area contributed by atoms with Crippen LogP contribution in [0.25, 0.3) is 11.0 Å². The molecule has 3 heterocycles. The van der Waals surface area contributed by atoms with Crippen molar-refractivity contribution in [2.75, 3.05) is 44.3 Å². The second-order valence-corrected chi connectivity index (χ2v) is 8.57. The van der Waals surface area contributed by atoms with Crippen molar-refractivity contribution in [3.63, 3.8) is 0 Å². The Morgan fingerprint density at radius 1 is 1.32 bits per heavy atom. The van der Waals surface area contributed by atoms with Crippen molar-refractivity contribution in [1.29, 1.82) is 0 Å². The van der Waals surface area contributed by atoms with Crippen LogP contribution in [-0.2, 0) is 17.0 Å². The predicted molar refractivity (Wildman–Crippen MR) is 111 cm³/mol. The molecule has 1 unspecified atom stereocenters. The number of hydrogen-bond donors (Lipinski definition) is 2. The van der Waals surface area contributed by atoms with Gasteiger partial charge in [0.05, 0.1) is 25.5 Å². The lowest BCUT2D eigenvalue weighted by molar-refractivity contribution is 0.0342. The van der Waals surface area contributed by atoms with Gasteiger partial charge in [0.25, 0.3) is 0 Å². The Balaban J connectivity index is 1.30. The molecule has 0 bridgehead atoms. The molecule has 0 saturated carbocycles. The minimum absolute atomic E-state index is 0.202. The normalized spacial score (nSPS) is 16.9. The first-order chi connectivity index (χ1) is 13.7. The van der Waals surface area contributed by atoms with Crippen LogP contribution in [0.4, 0.5) is 5.82 Å². The van der Waals surface area contributed by atoms with Gasteiger partial charge in [-0.05, 0) is 17.7 Å². The molecule has 4 rings (SSSR count). The Hall–Kier alpha value is -1.85. The molecule has 0 aliphatic carbocycles. The summed E-state index contributed by atoms with van der Waals surface area (Å²) in [6.07, 6.45) is 0. The number of morpholine rings is 1. The first-order valence-corrected chi connectivity index (χ1v) is 11.4. The fourth-order valence-electron chi connectivity index (χ4n) is 3.12. The monoisotopic (exact) mass is 421 g/mol. The van der Waals surface area contributed by atoms with Gasteiger partial charge in [-0.3, -0.25) is 9.89 Å². The number of furan rings is 1. The smallest absolute Gasteiger partial charge is 0.229 e. The number of nitrogen functional groups attached to an aromatic ring is 1. The number of nitrogens with two attached hydrogens (primary N) is 1. The summed E-state index contributed by atoms with van der Waals surface area (Å²) in [5.74, 6) is 2.75. The fraction of sp³-hybridized carbons (Fsp3) is 0.444. The number of ether oxygens (including phenoxy) is 1. The molecule has 1 aliphatic rings. The molecule has 28 heavy (non-hydrogen) atoms. The number of hydrogen-bond acceptors (Lipinski definition) is 8. The summed E-state index contributed by atoms with van der Waals surface area (Å²) in [4.78, 5) is 6.69. The summed E-state index contributed by atoms with van der Waals surface area (Å²) in [6.45, 7) is 5.07. The summed E-state index contributed by atoms with van der Waals surface area (Å²) < 4.78 is 28.9. The average Bonchev–Trinajstić information content (AvgIpc) is 3.23. The van der Waals surface area contributed by atoms with Gasteiger partial charge in [-0.2, -0.15) is 11.8 Å². The van der Waals surface area contributed by atoms with Gasteiger partial charge in [-0.25, -0.2) is 0 Å². The number of fused-ring (bicyclic) bond motifs is 1. The van der Waals surface area contributed by atoms with Crippen LogP contribution in [0.3, 0.4) is 0 Å². The van der Waals surface area contributed by atoms with Crippen molar-refractivity contribution in [1.82, 2.24) is 13.6 Å². The van der Waals surface area contributed by atoms with Gasteiger partial charge in [-0.1, -0.05) is 12.1 Å². The van der Waals surface area contributed by atoms with Crippen LogP contribution in [-0.4, -0.2) is 56.8 Å². The van der Waals surface area contributed by atoms with Gasteiger partial charge < -0.3 is 19.4 Å². The first kappa shape index (κ1) is 19.5. The Labute approximate surface area is 169 Å². The zero-order valence-electron chi connectivity index (χ0n) is 15.4. The van der Waals surface area contributed by atoms with Crippen molar-refractivity contribution in [3.8, 4) is 0 Å². The van der Waals surface area contributed by atoms with Crippen LogP contribution < -0.4 is 11.2 Å². The molecule has 1 saturated heterocycles. The number of thioether (sulfide) groups is 1. The van der Waals surface area contributed by atoms with Crippen molar-refractivity contribution >= 4 is 39.7 Å². The van der Waals surface area contributed by atoms with Crippen LogP contribution >= 0.6 is 22.9 Å². The molecule has 1 aliphatic heterocycles. The van der Waals surface area contributed by atoms with E-state index in [-0.39, 0.29) is 5.82 Å². The third-order valence-corrected chi connectivity index (χ3v) is 6.19. The molecule has 1 aromatic carbocycles. The fourth-order valence-corrected chi connectivity index (χ4v) is 4.47. The maximum absolute atomic E-state index is 11.2. The van der Waals surface area contributed by atoms with E-state index in [1.54, 1.807) is 11.8 Å². The molecule has 1 atom stereocenters. The van der Waals surface area contributed by atoms with E-state index in [9.17, 15) is 4.55 Å². The number of rotatable bonds is 7. The van der Waals surface area contributed by atoms with Gasteiger partial charge in [0, 0.05) is 35.1 Å². The molecule has 150 valence electrons. The second-order valence-electron chi connectivity index (χ2n) is 6.58. The highest BCUT2D eigenvalue weighted by atomic mass is 32.2. The van der Waals surface area contributed by atoms with E-state index in [0.29, 0.717) is 12.0 Å². The number of anilines is 1. The van der Waals surface area contributed by atoms with Crippen LogP contribution in [0.1, 0.15) is 11.3 Å². The van der Waals surface area contributed by atoms with Gasteiger partial charge in [0.15, 0.2) is 11.1 Å². The minimum atomic E-state index is -1.48. The zero-order chi connectivity index (χ0) is 19.3. The Morgan fingerprint density at radius 3 is 2.96 bits per heavy atom. The zero-order valence-corrected chi connectivity index (χ0v) is 17.1. The molecule has 10 heteroatoms. The molecule has 8 nitrogen and oxygen atoms in total. The van der Waals surface area contributed by atoms with E-state index in [0.717, 1.165) is 61.1 Å². The van der Waals surface area contributed by atoms with E-state index < -0.39 is 11.1 Å². The Morgan fingerprint density at radius 2 is 2.18 bits per heavy atom. The summed E-state index contributed by atoms with van der Waals surface area (Å²) in [5.41, 5.74) is 8.23. The van der Waals surface area contributed by atoms with Crippen LogP contribution in [0.15, 0.2) is 33.7 Å². The van der Waals surface area contributed by atoms with Crippen LogP contribution in [0.5, 0.6) is 0 Å². The van der Waals surface area contributed by atoms with E-state index >= 15 is 0 Å². The first-order valence-electron chi connectivity index (χ1n) is 9.14. The van der Waals surface area contributed by atoms with E-state index in [1.807, 2.05) is 0 Å². The third-order valence-electron chi connectivity index (χ3n) is 4.50. The van der Waals surface area contributed by atoms with E-state index in [4.69, 9.17) is 14.9 Å². The number of nitrogens with one attached hydrogen (secondary N) is 1. The largest absolute Gasteiger partial charge is 0.548 e. The lowest BCUT2D eigenvalue weighted by atomic mass is 10.1. The molecule has 3 N–H and O–H groups in total. The SMILES string of the molecule is Nc1n[s+]([O-])[nH]c1=NCCSCc1cc2ccc(CN3CCOCC3)cc2o1. The lowest BCUT2D eigenvalue weighted by Crippen LogP contribution is -2.35. The summed E-state index contributed by atoms with van der Waals surface area (Å²) in [7, 11) is 0. The number of nitrogens with zero attached hydrogens (tertiary/aromatic N) is 3. The van der Waals surface area contributed by atoms with E-state index in [2.05, 4.69) is 42.9 Å². The maximum atomic E-state index is 11.2. The molecule has 0 radical (unpaired) electrons. The van der Waals surface area contributed by atoms with Crippen molar-refractivity contribution < 1.29 is 13.7 Å². The highest BCUT2D eigenvalue weighted by Crippen LogP contribution is 2.24. The highest BCUT2D eigenvalue weighted by molar-refractivity contribution is 7.98. The Kier molecular flexibility index (Phi) is 6.33. The van der Waals surface area contributed by atoms with Crippen molar-refractivity contribution in [2.24, 2.45) is 4.99 Å². The number of aromatic amines is 1. The molecular weight excluding hydrogens is 398 g/mol. The predicted octanol–water partition coefficient (Wildman–Crippen LogP) is 2.13. The van der Waals surface area contributed by atoms with Gasteiger partial charge in [-0.15, -0.1) is 4.37 Å². The van der Waals surface area contributed by atoms with Gasteiger partial charge in [0.2, 0.25) is 11.3 Å². The van der Waals surface area contributed by atoms with Gasteiger partial charge >= 0.3 is 0 Å². The summed E-state index contributed by atoms with van der Waals surface area (Å²) >= 11 is 0.250. The number of aromatic nitrogens is 2. The molecule has 0 spiro atoms. The quantitative estimate of drug-likeness (QED) is 0.443. The molecular formula is C18H23N5O3S2. The second kappa shape index (κ2) is 9.10. The number of benzene rings is 1. The summed E-state index contributed by atoms with van der Waals surface area (Å²) in [6, 6.07) is 8.53. The number of H-pyrrole nitrogens is 1. The summed E-state index contributed by atoms with van der Waals surface area (Å²) in [5, 5.41) is 1.13. The standard InChI is InChI=1S/C18H23N5O3S2/c19-17-18(22-28(24)21-17)20-3-8-27-12-15-10-14-2-1-13(9-16(14)26-15)11-23-4-6-25-7-5-23/h1-2,9-10H,3-8,11-12H2,(H2,19,21)(H,20,22). The van der Waals surface area contributed by atoms with Crippen LogP contribution in [0, 0.1) is 0 Å². The molecule has 1 fully saturated rings. The van der Waals surface area contributed by atoms with Crippen LogP contribution in [0.2, 0.25) is 0 Å². The van der Waals surface area contributed by atoms with Crippen molar-refractivity contribution in [2.45, 2.75) is 12.3 Å². The highest BCUT2D eigenvalue weighted by Gasteiger charge is 2.12. The third kappa shape index (κ3) is 4.95. The van der Waals surface area contributed by atoms with E-state index in [1.165, 1.54) is 5.56 Å². The maximum Gasteiger partial charge on any atom is 0.229 e. The Bertz CT molecular complexity index is 991.